The van der Waals surface area contributed by atoms with Crippen molar-refractivity contribution in [3.8, 4) is 0 Å². The molecule has 0 bridgehead atoms. The summed E-state index contributed by atoms with van der Waals surface area (Å²) < 4.78 is 29.6. The van der Waals surface area contributed by atoms with E-state index in [1.807, 2.05) is 0 Å². The van der Waals surface area contributed by atoms with Gasteiger partial charge in [0, 0.05) is 0 Å². The Morgan fingerprint density at radius 2 is 1.88 bits per heavy atom. The van der Waals surface area contributed by atoms with Crippen LogP contribution in [-0.2, 0) is 30.0 Å². The summed E-state index contributed by atoms with van der Waals surface area (Å²) in [6.07, 6.45) is 1.13. The zero-order chi connectivity index (χ0) is 12.1. The maximum atomic E-state index is 9.86. The summed E-state index contributed by atoms with van der Waals surface area (Å²) in [5.41, 5.74) is 2.83. The minimum atomic E-state index is -5.04. The monoisotopic (exact) mass is 304 g/mol. The molecule has 16 heavy (non-hydrogen) atoms. The van der Waals surface area contributed by atoms with Crippen molar-refractivity contribution in [3.63, 3.8) is 0 Å². The van der Waals surface area contributed by atoms with Gasteiger partial charge in [0.2, 0.25) is 0 Å². The van der Waals surface area contributed by atoms with E-state index in [0.29, 0.717) is 0 Å². The van der Waals surface area contributed by atoms with E-state index in [4.69, 9.17) is 0 Å². The van der Waals surface area contributed by atoms with Crippen molar-refractivity contribution in [1.82, 2.24) is 0 Å². The van der Waals surface area contributed by atoms with Gasteiger partial charge in [0.15, 0.2) is 0 Å². The van der Waals surface area contributed by atoms with Gasteiger partial charge in [0.05, 0.1) is 0 Å². The standard InChI is InChI=1S/C12H13.3FH.Zr/c1-3-10-7-11-6-4-5-9(2)12(11)8-10;;;;/h4-8H,3H2,1-2H3;3*1H;/q-1;;;;+3/p-3. The second-order valence-electron chi connectivity index (χ2n) is 3.51. The molecule has 0 heterocycles. The molecule has 2 rings (SSSR count). The molecule has 4 heteroatoms. The Kier molecular flexibility index (Phi) is 5.33. The quantitative estimate of drug-likeness (QED) is 0.671. The third kappa shape index (κ3) is 3.82. The van der Waals surface area contributed by atoms with Crippen LogP contribution in [0.4, 0.5) is 7.88 Å². The molecule has 2 aromatic carbocycles. The maximum absolute atomic E-state index is 9.86. The average Bonchev–Trinajstić information content (AvgIpc) is 2.61. The fourth-order valence-corrected chi connectivity index (χ4v) is 1.66. The van der Waals surface area contributed by atoms with Crippen LogP contribution in [0, 0.1) is 6.92 Å². The summed E-state index contributed by atoms with van der Waals surface area (Å²) in [5.74, 6) is 0. The first kappa shape index (κ1) is 13.6. The fraction of sp³-hybridized carbons (Fsp3) is 0.250. The minimum absolute atomic E-state index is 1.13. The van der Waals surface area contributed by atoms with Gasteiger partial charge in [-0.05, 0) is 13.3 Å². The summed E-state index contributed by atoms with van der Waals surface area (Å²) in [4.78, 5) is 0. The zero-order valence-electron chi connectivity index (χ0n) is 9.23. The van der Waals surface area contributed by atoms with E-state index in [9.17, 15) is 7.88 Å². The Bertz CT molecular complexity index is 446. The molecule has 0 unspecified atom stereocenters. The Labute approximate surface area is 104 Å². The third-order valence-electron chi connectivity index (χ3n) is 2.44. The molecule has 87 valence electrons. The number of benzene rings is 1. The molecular weight excluding hydrogens is 292 g/mol. The molecule has 0 aliphatic carbocycles. The SMILES string of the molecule is CCc1cc2c(C)cccc2[cH-]1.[F][Zr]([F])[F]. The van der Waals surface area contributed by atoms with Crippen LogP contribution in [0.5, 0.6) is 0 Å². The van der Waals surface area contributed by atoms with E-state index >= 15 is 0 Å². The van der Waals surface area contributed by atoms with Gasteiger partial charge in [-0.2, -0.15) is 6.07 Å². The van der Waals surface area contributed by atoms with Gasteiger partial charge in [-0.15, -0.1) is 34.5 Å². The first-order chi connectivity index (χ1) is 7.54. The number of aryl methyl sites for hydroxylation is 2. The van der Waals surface area contributed by atoms with Crippen LogP contribution in [0.3, 0.4) is 0 Å². The zero-order valence-corrected chi connectivity index (χ0v) is 11.7. The van der Waals surface area contributed by atoms with Crippen LogP contribution in [0.25, 0.3) is 10.8 Å². The molecule has 0 saturated heterocycles. The van der Waals surface area contributed by atoms with Crippen LogP contribution in [0.15, 0.2) is 30.3 Å². The van der Waals surface area contributed by atoms with Gasteiger partial charge < -0.3 is 0 Å². The molecule has 0 aliphatic heterocycles. The molecule has 0 aliphatic rings. The van der Waals surface area contributed by atoms with Crippen molar-refractivity contribution in [2.45, 2.75) is 20.3 Å². The van der Waals surface area contributed by atoms with Crippen LogP contribution in [0.2, 0.25) is 0 Å². The molecule has 0 nitrogen and oxygen atoms in total. The van der Waals surface area contributed by atoms with E-state index in [1.165, 1.54) is 21.9 Å². The molecule has 0 N–H and O–H groups in total. The number of hydrogen-bond acceptors (Lipinski definition) is 0. The molecule has 2 aromatic rings. The van der Waals surface area contributed by atoms with Crippen LogP contribution >= 0.6 is 0 Å². The average molecular weight is 305 g/mol. The summed E-state index contributed by atoms with van der Waals surface area (Å²) in [6.45, 7) is 4.37. The molecule has 0 saturated carbocycles. The van der Waals surface area contributed by atoms with Gasteiger partial charge in [-0.1, -0.05) is 18.6 Å². The van der Waals surface area contributed by atoms with E-state index in [2.05, 4.69) is 44.2 Å². The van der Waals surface area contributed by atoms with Crippen molar-refractivity contribution >= 4 is 10.8 Å². The normalized spacial score (nSPS) is 9.81. The Balaban J connectivity index is 0.000000280. The van der Waals surface area contributed by atoms with Gasteiger partial charge in [0.1, 0.15) is 0 Å². The molecule has 0 amide bonds. The van der Waals surface area contributed by atoms with Crippen molar-refractivity contribution in [2.75, 3.05) is 0 Å². The van der Waals surface area contributed by atoms with Gasteiger partial charge in [-0.25, -0.2) is 0 Å². The third-order valence-corrected chi connectivity index (χ3v) is 2.44. The van der Waals surface area contributed by atoms with Crippen LogP contribution in [-0.4, -0.2) is 0 Å². The number of halogens is 3. The van der Waals surface area contributed by atoms with E-state index < -0.39 is 23.6 Å². The summed E-state index contributed by atoms with van der Waals surface area (Å²) in [7, 11) is 0. The molecule has 0 atom stereocenters. The van der Waals surface area contributed by atoms with Gasteiger partial charge >= 0.3 is 31.5 Å². The summed E-state index contributed by atoms with van der Waals surface area (Å²) in [6, 6.07) is 11.0. The second-order valence-corrected chi connectivity index (χ2v) is 4.56. The van der Waals surface area contributed by atoms with E-state index in [1.54, 1.807) is 0 Å². The van der Waals surface area contributed by atoms with Crippen LogP contribution < -0.4 is 0 Å². The first-order valence-corrected chi connectivity index (χ1v) is 7.81. The Morgan fingerprint density at radius 3 is 2.38 bits per heavy atom. The molecule has 0 fully saturated rings. The number of fused-ring (bicyclic) bond motifs is 1. The number of rotatable bonds is 1. The van der Waals surface area contributed by atoms with Gasteiger partial charge in [0.25, 0.3) is 0 Å². The molecular formula is C12H13F3Zr-. The van der Waals surface area contributed by atoms with Crippen molar-refractivity contribution < 1.29 is 31.5 Å². The first-order valence-electron chi connectivity index (χ1n) is 5.03. The Morgan fingerprint density at radius 1 is 1.25 bits per heavy atom. The van der Waals surface area contributed by atoms with Crippen molar-refractivity contribution in [2.24, 2.45) is 0 Å². The second kappa shape index (κ2) is 6.29. The van der Waals surface area contributed by atoms with Crippen LogP contribution in [0.1, 0.15) is 18.1 Å². The summed E-state index contributed by atoms with van der Waals surface area (Å²) in [5, 5.41) is 2.79. The number of hydrogen-bond donors (Lipinski definition) is 0. The predicted octanol–water partition coefficient (Wildman–Crippen LogP) is 4.69. The van der Waals surface area contributed by atoms with E-state index in [0.717, 1.165) is 6.42 Å². The van der Waals surface area contributed by atoms with E-state index in [-0.39, 0.29) is 0 Å². The molecule has 0 aromatic heterocycles. The fourth-order valence-electron chi connectivity index (χ4n) is 1.66. The van der Waals surface area contributed by atoms with Crippen molar-refractivity contribution in [1.29, 1.82) is 0 Å². The Hall–Kier alpha value is -0.497. The molecule has 0 radical (unpaired) electrons. The topological polar surface area (TPSA) is 0 Å². The van der Waals surface area contributed by atoms with Gasteiger partial charge in [-0.3, -0.25) is 0 Å². The van der Waals surface area contributed by atoms with Crippen molar-refractivity contribution in [3.05, 3.63) is 41.5 Å². The predicted molar refractivity (Wildman–Crippen MR) is 57.0 cm³/mol. The molecule has 0 spiro atoms. The summed E-state index contributed by atoms with van der Waals surface area (Å²) >= 11 is -5.04.